The molecule has 2 aliphatic heterocycles. The summed E-state index contributed by atoms with van der Waals surface area (Å²) in [6.45, 7) is 2.11. The van der Waals surface area contributed by atoms with Crippen LogP contribution < -0.4 is 4.90 Å². The first-order valence-electron chi connectivity index (χ1n) is 9.18. The van der Waals surface area contributed by atoms with E-state index in [1.54, 1.807) is 34.1 Å². The molecule has 140 valence electrons. The maximum absolute atomic E-state index is 13.1. The Bertz CT molecular complexity index is 836. The normalized spacial score (nSPS) is 20.2. The largest absolute Gasteiger partial charge is 0.370 e. The molecule has 0 saturated carbocycles. The summed E-state index contributed by atoms with van der Waals surface area (Å²) in [6, 6.07) is 13.4. The van der Waals surface area contributed by atoms with Crippen LogP contribution in [0.25, 0.3) is 0 Å². The molecule has 0 bridgehead atoms. The van der Waals surface area contributed by atoms with E-state index in [4.69, 9.17) is 4.74 Å². The molecule has 5 nitrogen and oxygen atoms in total. The summed E-state index contributed by atoms with van der Waals surface area (Å²) in [4.78, 5) is 28.2. The molecule has 2 aromatic rings. The van der Waals surface area contributed by atoms with Gasteiger partial charge in [-0.05, 0) is 48.4 Å². The van der Waals surface area contributed by atoms with Crippen LogP contribution in [0.1, 0.15) is 34.9 Å². The van der Waals surface area contributed by atoms with Crippen molar-refractivity contribution < 1.29 is 18.7 Å². The zero-order valence-electron chi connectivity index (χ0n) is 14.9. The molecule has 2 heterocycles. The predicted octanol–water partition coefficient (Wildman–Crippen LogP) is 3.17. The Labute approximate surface area is 157 Å². The highest BCUT2D eigenvalue weighted by atomic mass is 19.1. The zero-order chi connectivity index (χ0) is 18.8. The lowest BCUT2D eigenvalue weighted by atomic mass is 10.1. The minimum Gasteiger partial charge on any atom is -0.370 e. The minimum absolute atomic E-state index is 0.0651. The Morgan fingerprint density at radius 1 is 1.04 bits per heavy atom. The number of hydrogen-bond donors (Lipinski definition) is 0. The Morgan fingerprint density at radius 3 is 2.44 bits per heavy atom. The maximum atomic E-state index is 13.1. The molecule has 0 N–H and O–H groups in total. The molecule has 0 unspecified atom stereocenters. The monoisotopic (exact) mass is 368 g/mol. The highest BCUT2D eigenvalue weighted by molar-refractivity contribution is 5.97. The van der Waals surface area contributed by atoms with E-state index >= 15 is 0 Å². The van der Waals surface area contributed by atoms with E-state index in [0.717, 1.165) is 24.2 Å². The average Bonchev–Trinajstić information content (AvgIpc) is 3.14. The van der Waals surface area contributed by atoms with E-state index in [0.29, 0.717) is 31.7 Å². The Morgan fingerprint density at radius 2 is 1.78 bits per heavy atom. The van der Waals surface area contributed by atoms with Gasteiger partial charge in [-0.2, -0.15) is 0 Å². The maximum Gasteiger partial charge on any atom is 0.254 e. The van der Waals surface area contributed by atoms with Gasteiger partial charge in [-0.25, -0.2) is 4.39 Å². The van der Waals surface area contributed by atoms with Crippen molar-refractivity contribution in [2.24, 2.45) is 0 Å². The number of carbonyl (C=O) groups is 2. The van der Waals surface area contributed by atoms with Crippen LogP contribution in [0.5, 0.6) is 0 Å². The highest BCUT2D eigenvalue weighted by Gasteiger charge is 2.27. The fourth-order valence-corrected chi connectivity index (χ4v) is 3.60. The molecule has 0 radical (unpaired) electrons. The summed E-state index contributed by atoms with van der Waals surface area (Å²) in [5.74, 6) is -0.229. The highest BCUT2D eigenvalue weighted by Crippen LogP contribution is 2.25. The van der Waals surface area contributed by atoms with E-state index in [-0.39, 0.29) is 23.7 Å². The molecule has 4 rings (SSSR count). The van der Waals surface area contributed by atoms with Crippen LogP contribution in [-0.2, 0) is 9.53 Å². The summed E-state index contributed by atoms with van der Waals surface area (Å²) in [5.41, 5.74) is 2.28. The molecule has 0 aromatic heterocycles. The number of morpholine rings is 1. The van der Waals surface area contributed by atoms with E-state index in [1.807, 2.05) is 12.1 Å². The number of rotatable bonds is 3. The Hall–Kier alpha value is -2.73. The molecule has 2 saturated heterocycles. The number of amides is 2. The van der Waals surface area contributed by atoms with Gasteiger partial charge in [0.1, 0.15) is 11.9 Å². The van der Waals surface area contributed by atoms with E-state index in [1.165, 1.54) is 12.1 Å². The number of anilines is 1. The van der Waals surface area contributed by atoms with Crippen LogP contribution in [0, 0.1) is 5.82 Å². The van der Waals surface area contributed by atoms with Gasteiger partial charge in [0.05, 0.1) is 13.2 Å². The number of nitrogens with zero attached hydrogens (tertiary/aromatic N) is 2. The van der Waals surface area contributed by atoms with Gasteiger partial charge in [-0.15, -0.1) is 0 Å². The van der Waals surface area contributed by atoms with Crippen molar-refractivity contribution in [3.8, 4) is 0 Å². The second-order valence-corrected chi connectivity index (χ2v) is 6.86. The average molecular weight is 368 g/mol. The van der Waals surface area contributed by atoms with Gasteiger partial charge in [0, 0.05) is 30.8 Å². The van der Waals surface area contributed by atoms with Crippen LogP contribution >= 0.6 is 0 Å². The SMILES string of the molecule is O=C(c1ccc(N2CCCC2=O)cc1)N1CCO[C@@H](c2ccc(F)cc2)C1. The Balaban J connectivity index is 1.45. The molecular formula is C21H21FN2O3. The van der Waals surface area contributed by atoms with Crippen LogP contribution in [0.3, 0.4) is 0 Å². The molecule has 0 aliphatic carbocycles. The second kappa shape index (κ2) is 7.48. The first-order valence-corrected chi connectivity index (χ1v) is 9.18. The summed E-state index contributed by atoms with van der Waals surface area (Å²) >= 11 is 0. The van der Waals surface area contributed by atoms with Gasteiger partial charge in [0.15, 0.2) is 0 Å². The zero-order valence-corrected chi connectivity index (χ0v) is 14.9. The molecule has 2 aromatic carbocycles. The van der Waals surface area contributed by atoms with Crippen molar-refractivity contribution >= 4 is 17.5 Å². The van der Waals surface area contributed by atoms with Crippen molar-refractivity contribution in [3.63, 3.8) is 0 Å². The van der Waals surface area contributed by atoms with Crippen LogP contribution in [0.15, 0.2) is 48.5 Å². The number of ether oxygens (including phenoxy) is 1. The molecule has 27 heavy (non-hydrogen) atoms. The van der Waals surface area contributed by atoms with Crippen LogP contribution in [0.4, 0.5) is 10.1 Å². The topological polar surface area (TPSA) is 49.9 Å². The third-order valence-electron chi connectivity index (χ3n) is 5.09. The van der Waals surface area contributed by atoms with Crippen LogP contribution in [0.2, 0.25) is 0 Å². The smallest absolute Gasteiger partial charge is 0.254 e. The third-order valence-corrected chi connectivity index (χ3v) is 5.09. The van der Waals surface area contributed by atoms with E-state index in [2.05, 4.69) is 0 Å². The van der Waals surface area contributed by atoms with Gasteiger partial charge < -0.3 is 14.5 Å². The van der Waals surface area contributed by atoms with Crippen molar-refractivity contribution in [1.29, 1.82) is 0 Å². The number of carbonyl (C=O) groups excluding carboxylic acids is 2. The second-order valence-electron chi connectivity index (χ2n) is 6.86. The summed E-state index contributed by atoms with van der Waals surface area (Å²) in [7, 11) is 0. The Kier molecular flexibility index (Phi) is 4.90. The fraction of sp³-hybridized carbons (Fsp3) is 0.333. The van der Waals surface area contributed by atoms with E-state index in [9.17, 15) is 14.0 Å². The summed E-state index contributed by atoms with van der Waals surface area (Å²) in [6.07, 6.45) is 1.20. The molecule has 6 heteroatoms. The first kappa shape index (κ1) is 17.7. The quantitative estimate of drug-likeness (QED) is 0.836. The van der Waals surface area contributed by atoms with Gasteiger partial charge in [0.25, 0.3) is 5.91 Å². The van der Waals surface area contributed by atoms with Gasteiger partial charge in [0.2, 0.25) is 5.91 Å². The molecule has 1 atom stereocenters. The number of benzene rings is 2. The minimum atomic E-state index is -0.293. The number of hydrogen-bond acceptors (Lipinski definition) is 3. The lowest BCUT2D eigenvalue weighted by molar-refractivity contribution is -0.117. The van der Waals surface area contributed by atoms with Crippen LogP contribution in [-0.4, -0.2) is 43.0 Å². The lowest BCUT2D eigenvalue weighted by Gasteiger charge is -2.33. The summed E-state index contributed by atoms with van der Waals surface area (Å²) < 4.78 is 18.9. The number of halogens is 1. The molecule has 0 spiro atoms. The standard InChI is InChI=1S/C21H21FN2O3/c22-17-7-3-15(4-8-17)19-14-23(12-13-27-19)21(26)16-5-9-18(10-6-16)24-11-1-2-20(24)25/h3-10,19H,1-2,11-14H2/t19-/m1/s1. The van der Waals surface area contributed by atoms with Crippen molar-refractivity contribution in [1.82, 2.24) is 4.90 Å². The van der Waals surface area contributed by atoms with Crippen molar-refractivity contribution in [2.45, 2.75) is 18.9 Å². The molecule has 2 amide bonds. The molecule has 2 aliphatic rings. The first-order chi connectivity index (χ1) is 13.1. The summed E-state index contributed by atoms with van der Waals surface area (Å²) in [5, 5.41) is 0. The fourth-order valence-electron chi connectivity index (χ4n) is 3.60. The van der Waals surface area contributed by atoms with Gasteiger partial charge in [-0.3, -0.25) is 9.59 Å². The van der Waals surface area contributed by atoms with Crippen molar-refractivity contribution in [2.75, 3.05) is 31.1 Å². The van der Waals surface area contributed by atoms with Gasteiger partial charge in [-0.1, -0.05) is 12.1 Å². The van der Waals surface area contributed by atoms with Crippen molar-refractivity contribution in [3.05, 3.63) is 65.5 Å². The van der Waals surface area contributed by atoms with E-state index < -0.39 is 0 Å². The molecule has 2 fully saturated rings. The lowest BCUT2D eigenvalue weighted by Crippen LogP contribution is -2.42. The van der Waals surface area contributed by atoms with Gasteiger partial charge >= 0.3 is 0 Å². The molecular weight excluding hydrogens is 347 g/mol. The third kappa shape index (κ3) is 3.71. The predicted molar refractivity (Wildman–Crippen MR) is 99.0 cm³/mol.